The van der Waals surface area contributed by atoms with E-state index in [9.17, 15) is 9.59 Å². The van der Waals surface area contributed by atoms with Crippen LogP contribution in [0.25, 0.3) is 21.3 Å². The smallest absolute Gasteiger partial charge is 0.323 e. The lowest BCUT2D eigenvalue weighted by Crippen LogP contribution is -2.37. The number of fused-ring (bicyclic) bond motifs is 1. The number of aromatic amines is 1. The number of hydrogen-bond donors (Lipinski definition) is 1. The molecule has 1 aliphatic heterocycles. The Bertz CT molecular complexity index is 1080. The van der Waals surface area contributed by atoms with Crippen LogP contribution in [-0.2, 0) is 16.1 Å². The summed E-state index contributed by atoms with van der Waals surface area (Å²) >= 11 is 1.53. The molecule has 6 nitrogen and oxygen atoms in total. The first-order chi connectivity index (χ1) is 13.5. The first kappa shape index (κ1) is 18.8. The van der Waals surface area contributed by atoms with Gasteiger partial charge in [0.05, 0.1) is 19.0 Å². The second kappa shape index (κ2) is 7.48. The summed E-state index contributed by atoms with van der Waals surface area (Å²) in [7, 11) is 1.41. The molecular formula is C21H23N3O3S. The lowest BCUT2D eigenvalue weighted by atomic mass is 10.0. The Morgan fingerprint density at radius 2 is 2.07 bits per heavy atom. The first-order valence-corrected chi connectivity index (χ1v) is 10.2. The maximum atomic E-state index is 12.9. The molecule has 0 aliphatic carbocycles. The van der Waals surface area contributed by atoms with Gasteiger partial charge < -0.3 is 9.72 Å². The van der Waals surface area contributed by atoms with Crippen LogP contribution in [-0.4, -0.2) is 40.5 Å². The molecule has 1 aliphatic rings. The second-order valence-electron chi connectivity index (χ2n) is 7.24. The standard InChI is InChI=1S/C21H23N3O3S/c1-12-6-8-14(9-7-12)17-13(2)28-20-18(17)19(25)22-16(23-20)11-24-10-4-5-15(24)21(26)27-3/h6-9,15H,4-5,10-11H2,1-3H3,(H,22,23,25). The van der Waals surface area contributed by atoms with Crippen LogP contribution in [0.5, 0.6) is 0 Å². The lowest BCUT2D eigenvalue weighted by molar-refractivity contribution is -0.146. The van der Waals surface area contributed by atoms with Gasteiger partial charge in [0.25, 0.3) is 5.56 Å². The zero-order chi connectivity index (χ0) is 19.8. The van der Waals surface area contributed by atoms with Gasteiger partial charge >= 0.3 is 5.97 Å². The highest BCUT2D eigenvalue weighted by molar-refractivity contribution is 7.19. The van der Waals surface area contributed by atoms with Crippen LogP contribution < -0.4 is 5.56 Å². The van der Waals surface area contributed by atoms with Gasteiger partial charge in [0.1, 0.15) is 16.7 Å². The number of nitrogens with one attached hydrogen (secondary N) is 1. The van der Waals surface area contributed by atoms with Gasteiger partial charge in [-0.15, -0.1) is 11.3 Å². The van der Waals surface area contributed by atoms with Crippen LogP contribution in [0.1, 0.15) is 29.1 Å². The largest absolute Gasteiger partial charge is 0.468 e. The van der Waals surface area contributed by atoms with Crippen molar-refractivity contribution < 1.29 is 9.53 Å². The first-order valence-electron chi connectivity index (χ1n) is 9.39. The van der Waals surface area contributed by atoms with Crippen molar-refractivity contribution in [2.75, 3.05) is 13.7 Å². The highest BCUT2D eigenvalue weighted by Gasteiger charge is 2.32. The van der Waals surface area contributed by atoms with Crippen molar-refractivity contribution in [3.05, 3.63) is 50.9 Å². The van der Waals surface area contributed by atoms with Crippen molar-refractivity contribution in [3.63, 3.8) is 0 Å². The normalized spacial score (nSPS) is 17.3. The minimum Gasteiger partial charge on any atom is -0.468 e. The third-order valence-electron chi connectivity index (χ3n) is 5.32. The van der Waals surface area contributed by atoms with Crippen LogP contribution >= 0.6 is 11.3 Å². The third-order valence-corrected chi connectivity index (χ3v) is 6.32. The van der Waals surface area contributed by atoms with E-state index < -0.39 is 0 Å². The maximum Gasteiger partial charge on any atom is 0.323 e. The molecule has 0 spiro atoms. The van der Waals surface area contributed by atoms with Gasteiger partial charge in [-0.3, -0.25) is 14.5 Å². The number of ether oxygens (including phenoxy) is 1. The molecule has 146 valence electrons. The number of likely N-dealkylation sites (tertiary alicyclic amines) is 1. The Hall–Kier alpha value is -2.51. The van der Waals surface area contributed by atoms with Crippen LogP contribution in [0.2, 0.25) is 0 Å². The van der Waals surface area contributed by atoms with E-state index in [1.807, 2.05) is 30.9 Å². The molecule has 1 N–H and O–H groups in total. The van der Waals surface area contributed by atoms with Crippen molar-refractivity contribution >= 4 is 27.5 Å². The van der Waals surface area contributed by atoms with Gasteiger partial charge in [-0.1, -0.05) is 29.8 Å². The molecule has 7 heteroatoms. The van der Waals surface area contributed by atoms with Gasteiger partial charge in [-0.25, -0.2) is 4.98 Å². The number of hydrogen-bond acceptors (Lipinski definition) is 6. The number of aryl methyl sites for hydroxylation is 2. The summed E-state index contributed by atoms with van der Waals surface area (Å²) < 4.78 is 4.90. The van der Waals surface area contributed by atoms with Crippen LogP contribution in [0.15, 0.2) is 29.1 Å². The molecule has 0 saturated carbocycles. The van der Waals surface area contributed by atoms with E-state index in [2.05, 4.69) is 17.1 Å². The van der Waals surface area contributed by atoms with E-state index in [4.69, 9.17) is 9.72 Å². The average molecular weight is 398 g/mol. The molecular weight excluding hydrogens is 374 g/mol. The minimum absolute atomic E-state index is 0.131. The number of rotatable bonds is 4. The number of esters is 1. The van der Waals surface area contributed by atoms with Crippen molar-refractivity contribution in [2.24, 2.45) is 0 Å². The van der Waals surface area contributed by atoms with Crippen molar-refractivity contribution in [2.45, 2.75) is 39.3 Å². The monoisotopic (exact) mass is 397 g/mol. The zero-order valence-electron chi connectivity index (χ0n) is 16.2. The molecule has 1 aromatic carbocycles. The molecule has 1 atom stereocenters. The van der Waals surface area contributed by atoms with Crippen molar-refractivity contribution in [3.8, 4) is 11.1 Å². The number of carbonyl (C=O) groups excluding carboxylic acids is 1. The molecule has 0 amide bonds. The lowest BCUT2D eigenvalue weighted by Gasteiger charge is -2.21. The molecule has 3 heterocycles. The number of nitrogens with zero attached hydrogens (tertiary/aromatic N) is 2. The summed E-state index contributed by atoms with van der Waals surface area (Å²) in [5.74, 6) is 0.361. The van der Waals surface area contributed by atoms with E-state index >= 15 is 0 Å². The van der Waals surface area contributed by atoms with E-state index in [-0.39, 0.29) is 17.6 Å². The van der Waals surface area contributed by atoms with Crippen LogP contribution in [0.3, 0.4) is 0 Å². The number of benzene rings is 1. The summed E-state index contributed by atoms with van der Waals surface area (Å²) in [6.45, 7) is 5.29. The minimum atomic E-state index is -0.265. The molecule has 1 unspecified atom stereocenters. The molecule has 2 aromatic heterocycles. The van der Waals surface area contributed by atoms with Gasteiger partial charge in [0, 0.05) is 10.4 Å². The quantitative estimate of drug-likeness (QED) is 0.683. The summed E-state index contributed by atoms with van der Waals surface area (Å²) in [5.41, 5.74) is 3.03. The Morgan fingerprint density at radius 3 is 2.79 bits per heavy atom. The fourth-order valence-electron chi connectivity index (χ4n) is 3.92. The van der Waals surface area contributed by atoms with Crippen molar-refractivity contribution in [1.82, 2.24) is 14.9 Å². The highest BCUT2D eigenvalue weighted by Crippen LogP contribution is 2.35. The number of carbonyl (C=O) groups is 1. The second-order valence-corrected chi connectivity index (χ2v) is 8.45. The number of methoxy groups -OCH3 is 1. The maximum absolute atomic E-state index is 12.9. The van der Waals surface area contributed by atoms with Crippen LogP contribution in [0.4, 0.5) is 0 Å². The van der Waals surface area contributed by atoms with Crippen molar-refractivity contribution in [1.29, 1.82) is 0 Å². The van der Waals surface area contributed by atoms with E-state index in [0.717, 1.165) is 40.2 Å². The average Bonchev–Trinajstić information content (AvgIpc) is 3.26. The van der Waals surface area contributed by atoms with E-state index in [1.165, 1.54) is 24.0 Å². The predicted molar refractivity (Wildman–Crippen MR) is 111 cm³/mol. The highest BCUT2D eigenvalue weighted by atomic mass is 32.1. The third kappa shape index (κ3) is 3.36. The number of H-pyrrole nitrogens is 1. The molecule has 0 radical (unpaired) electrons. The predicted octanol–water partition coefficient (Wildman–Crippen LogP) is 3.41. The topological polar surface area (TPSA) is 75.3 Å². The zero-order valence-corrected chi connectivity index (χ0v) is 17.1. The van der Waals surface area contributed by atoms with E-state index in [1.54, 1.807) is 0 Å². The summed E-state index contributed by atoms with van der Waals surface area (Å²) in [6.07, 6.45) is 1.71. The summed E-state index contributed by atoms with van der Waals surface area (Å²) in [6, 6.07) is 7.92. The number of thiophene rings is 1. The SMILES string of the molecule is COC(=O)C1CCCN1Cc1nc2sc(C)c(-c3ccc(C)cc3)c2c(=O)[nH]1. The van der Waals surface area contributed by atoms with Gasteiger partial charge in [-0.2, -0.15) is 0 Å². The molecule has 1 fully saturated rings. The molecule has 28 heavy (non-hydrogen) atoms. The molecule has 0 bridgehead atoms. The fraction of sp³-hybridized carbons (Fsp3) is 0.381. The molecule has 1 saturated heterocycles. The van der Waals surface area contributed by atoms with Gasteiger partial charge in [0.2, 0.25) is 0 Å². The van der Waals surface area contributed by atoms with E-state index in [0.29, 0.717) is 17.8 Å². The Kier molecular flexibility index (Phi) is 5.03. The Labute approximate surface area is 167 Å². The number of aromatic nitrogens is 2. The van der Waals surface area contributed by atoms with Gasteiger partial charge in [0.15, 0.2) is 0 Å². The summed E-state index contributed by atoms with van der Waals surface area (Å²) in [4.78, 5) is 36.4. The fourth-order valence-corrected chi connectivity index (χ4v) is 4.98. The Balaban J connectivity index is 1.71. The molecule has 4 rings (SSSR count). The summed E-state index contributed by atoms with van der Waals surface area (Å²) in [5, 5.41) is 0.640. The Morgan fingerprint density at radius 1 is 1.32 bits per heavy atom. The van der Waals surface area contributed by atoms with Gasteiger partial charge in [-0.05, 0) is 38.8 Å². The molecule has 3 aromatic rings. The van der Waals surface area contributed by atoms with Crippen LogP contribution in [0, 0.1) is 13.8 Å².